The van der Waals surface area contributed by atoms with Crippen molar-refractivity contribution in [2.75, 3.05) is 20.6 Å². The maximum absolute atomic E-state index is 12.4. The first-order valence-corrected chi connectivity index (χ1v) is 7.56. The van der Waals surface area contributed by atoms with Crippen LogP contribution in [-0.2, 0) is 0 Å². The van der Waals surface area contributed by atoms with Crippen molar-refractivity contribution in [2.24, 2.45) is 0 Å². The highest BCUT2D eigenvalue weighted by Crippen LogP contribution is 2.17. The van der Waals surface area contributed by atoms with Gasteiger partial charge in [-0.1, -0.05) is 42.5 Å². The Bertz CT molecular complexity index is 635. The van der Waals surface area contributed by atoms with E-state index in [-0.39, 0.29) is 11.9 Å². The van der Waals surface area contributed by atoms with Gasteiger partial charge in [0, 0.05) is 12.1 Å². The second kappa shape index (κ2) is 7.23. The Balaban J connectivity index is 2.10. The maximum Gasteiger partial charge on any atom is 0.251 e. The SMILES string of the molecule is Cc1cccc(C(=O)NCC(c2ccccc2)N(C)C)c1C. The molecule has 0 saturated carbocycles. The summed E-state index contributed by atoms with van der Waals surface area (Å²) in [6.07, 6.45) is 0. The van der Waals surface area contributed by atoms with Gasteiger partial charge in [0.15, 0.2) is 0 Å². The molecule has 0 bridgehead atoms. The summed E-state index contributed by atoms with van der Waals surface area (Å²) in [4.78, 5) is 14.6. The lowest BCUT2D eigenvalue weighted by atomic mass is 10.0. The minimum atomic E-state index is -0.0102. The van der Waals surface area contributed by atoms with Gasteiger partial charge in [-0.05, 0) is 50.7 Å². The zero-order valence-electron chi connectivity index (χ0n) is 13.8. The molecule has 1 amide bonds. The summed E-state index contributed by atoms with van der Waals surface area (Å²) in [6.45, 7) is 4.60. The molecular formula is C19H24N2O. The molecule has 0 heterocycles. The molecule has 0 fully saturated rings. The lowest BCUT2D eigenvalue weighted by Crippen LogP contribution is -2.34. The number of nitrogens with one attached hydrogen (secondary N) is 1. The van der Waals surface area contributed by atoms with Crippen molar-refractivity contribution in [3.63, 3.8) is 0 Å². The largest absolute Gasteiger partial charge is 0.350 e. The number of carbonyl (C=O) groups excluding carboxylic acids is 1. The molecule has 0 aliphatic carbocycles. The summed E-state index contributed by atoms with van der Waals surface area (Å²) in [5, 5.41) is 3.07. The molecule has 1 N–H and O–H groups in total. The van der Waals surface area contributed by atoms with E-state index in [1.165, 1.54) is 5.56 Å². The van der Waals surface area contributed by atoms with E-state index in [2.05, 4.69) is 22.3 Å². The Morgan fingerprint density at radius 2 is 1.73 bits per heavy atom. The number of hydrogen-bond acceptors (Lipinski definition) is 2. The van der Waals surface area contributed by atoms with Gasteiger partial charge in [0.2, 0.25) is 0 Å². The van der Waals surface area contributed by atoms with E-state index in [1.807, 2.05) is 64.3 Å². The topological polar surface area (TPSA) is 32.3 Å². The van der Waals surface area contributed by atoms with Crippen LogP contribution in [0.2, 0.25) is 0 Å². The number of amides is 1. The summed E-state index contributed by atoms with van der Waals surface area (Å²) in [5.74, 6) is -0.0102. The average molecular weight is 296 g/mol. The lowest BCUT2D eigenvalue weighted by molar-refractivity contribution is 0.0941. The molecule has 2 rings (SSSR count). The second-order valence-electron chi connectivity index (χ2n) is 5.85. The fourth-order valence-electron chi connectivity index (χ4n) is 2.56. The third-order valence-electron chi connectivity index (χ3n) is 4.11. The number of carbonyl (C=O) groups is 1. The van der Waals surface area contributed by atoms with E-state index in [9.17, 15) is 4.79 Å². The molecule has 0 aliphatic heterocycles. The zero-order chi connectivity index (χ0) is 16.1. The minimum absolute atomic E-state index is 0.0102. The van der Waals surface area contributed by atoms with Crippen LogP contribution in [-0.4, -0.2) is 31.4 Å². The third-order valence-corrected chi connectivity index (χ3v) is 4.11. The van der Waals surface area contributed by atoms with Gasteiger partial charge in [-0.25, -0.2) is 0 Å². The van der Waals surface area contributed by atoms with Crippen LogP contribution in [0.1, 0.15) is 33.1 Å². The van der Waals surface area contributed by atoms with E-state index in [1.54, 1.807) is 0 Å². The van der Waals surface area contributed by atoms with Gasteiger partial charge in [-0.15, -0.1) is 0 Å². The van der Waals surface area contributed by atoms with Crippen molar-refractivity contribution in [1.29, 1.82) is 0 Å². The minimum Gasteiger partial charge on any atom is -0.350 e. The molecule has 0 saturated heterocycles. The number of likely N-dealkylation sites (N-methyl/N-ethyl adjacent to an activating group) is 1. The molecule has 22 heavy (non-hydrogen) atoms. The monoisotopic (exact) mass is 296 g/mol. The summed E-state index contributed by atoms with van der Waals surface area (Å²) in [5.41, 5.74) is 4.14. The van der Waals surface area contributed by atoms with Crippen LogP contribution < -0.4 is 5.32 Å². The molecule has 3 nitrogen and oxygen atoms in total. The Morgan fingerprint density at radius 1 is 1.05 bits per heavy atom. The number of aryl methyl sites for hydroxylation is 1. The summed E-state index contributed by atoms with van der Waals surface area (Å²) < 4.78 is 0. The van der Waals surface area contributed by atoms with Crippen LogP contribution in [0.25, 0.3) is 0 Å². The number of benzene rings is 2. The van der Waals surface area contributed by atoms with Crippen LogP contribution in [0.4, 0.5) is 0 Å². The van der Waals surface area contributed by atoms with Crippen molar-refractivity contribution in [3.8, 4) is 0 Å². The quantitative estimate of drug-likeness (QED) is 0.918. The Morgan fingerprint density at radius 3 is 2.36 bits per heavy atom. The zero-order valence-corrected chi connectivity index (χ0v) is 13.8. The van der Waals surface area contributed by atoms with Crippen LogP contribution in [0.3, 0.4) is 0 Å². The van der Waals surface area contributed by atoms with E-state index in [0.29, 0.717) is 6.54 Å². The van der Waals surface area contributed by atoms with Crippen LogP contribution in [0.15, 0.2) is 48.5 Å². The Kier molecular flexibility index (Phi) is 5.34. The average Bonchev–Trinajstić information content (AvgIpc) is 2.50. The maximum atomic E-state index is 12.4. The van der Waals surface area contributed by atoms with Crippen LogP contribution in [0.5, 0.6) is 0 Å². The predicted octanol–water partition coefficient (Wildman–Crippen LogP) is 3.34. The van der Waals surface area contributed by atoms with E-state index >= 15 is 0 Å². The second-order valence-corrected chi connectivity index (χ2v) is 5.85. The highest BCUT2D eigenvalue weighted by atomic mass is 16.1. The molecule has 2 aromatic carbocycles. The normalized spacial score (nSPS) is 12.2. The highest BCUT2D eigenvalue weighted by molar-refractivity contribution is 5.95. The molecule has 0 radical (unpaired) electrons. The van der Waals surface area contributed by atoms with Crippen LogP contribution >= 0.6 is 0 Å². The van der Waals surface area contributed by atoms with E-state index in [4.69, 9.17) is 0 Å². The Labute approximate surface area is 133 Å². The fourth-order valence-corrected chi connectivity index (χ4v) is 2.56. The van der Waals surface area contributed by atoms with E-state index < -0.39 is 0 Å². The first-order chi connectivity index (χ1) is 10.5. The molecular weight excluding hydrogens is 272 g/mol. The fraction of sp³-hybridized carbons (Fsp3) is 0.316. The van der Waals surface area contributed by atoms with Crippen molar-refractivity contribution in [3.05, 3.63) is 70.8 Å². The van der Waals surface area contributed by atoms with E-state index in [0.717, 1.165) is 16.7 Å². The standard InChI is InChI=1S/C19H24N2O/c1-14-9-8-12-17(15(14)2)19(22)20-13-18(21(3)4)16-10-6-5-7-11-16/h5-12,18H,13H2,1-4H3,(H,20,22). The van der Waals surface area contributed by atoms with Crippen molar-refractivity contribution < 1.29 is 4.79 Å². The first-order valence-electron chi connectivity index (χ1n) is 7.56. The summed E-state index contributed by atoms with van der Waals surface area (Å²) in [7, 11) is 4.06. The van der Waals surface area contributed by atoms with Gasteiger partial charge >= 0.3 is 0 Å². The molecule has 1 unspecified atom stereocenters. The van der Waals surface area contributed by atoms with Gasteiger partial charge in [-0.3, -0.25) is 4.79 Å². The van der Waals surface area contributed by atoms with Crippen molar-refractivity contribution in [1.82, 2.24) is 10.2 Å². The highest BCUT2D eigenvalue weighted by Gasteiger charge is 2.16. The van der Waals surface area contributed by atoms with Crippen LogP contribution in [0, 0.1) is 13.8 Å². The third kappa shape index (κ3) is 3.74. The molecule has 1 atom stereocenters. The predicted molar refractivity (Wildman–Crippen MR) is 91.1 cm³/mol. The number of nitrogens with zero attached hydrogens (tertiary/aromatic N) is 1. The number of rotatable bonds is 5. The van der Waals surface area contributed by atoms with Gasteiger partial charge < -0.3 is 10.2 Å². The first kappa shape index (κ1) is 16.2. The molecule has 0 spiro atoms. The van der Waals surface area contributed by atoms with Gasteiger partial charge in [0.25, 0.3) is 5.91 Å². The summed E-state index contributed by atoms with van der Waals surface area (Å²) in [6, 6.07) is 16.2. The number of hydrogen-bond donors (Lipinski definition) is 1. The smallest absolute Gasteiger partial charge is 0.251 e. The molecule has 2 aromatic rings. The molecule has 0 aromatic heterocycles. The van der Waals surface area contributed by atoms with Gasteiger partial charge in [0.05, 0.1) is 6.04 Å². The molecule has 116 valence electrons. The van der Waals surface area contributed by atoms with Gasteiger partial charge in [-0.2, -0.15) is 0 Å². The Hall–Kier alpha value is -2.13. The summed E-state index contributed by atoms with van der Waals surface area (Å²) >= 11 is 0. The van der Waals surface area contributed by atoms with Crippen molar-refractivity contribution in [2.45, 2.75) is 19.9 Å². The van der Waals surface area contributed by atoms with Crippen molar-refractivity contribution >= 4 is 5.91 Å². The lowest BCUT2D eigenvalue weighted by Gasteiger charge is -2.25. The molecule has 3 heteroatoms. The molecule has 0 aliphatic rings. The van der Waals surface area contributed by atoms with Gasteiger partial charge in [0.1, 0.15) is 0 Å².